The maximum Gasteiger partial charge on any atom is 0.136 e. The Morgan fingerprint density at radius 1 is 0.405 bits per heavy atom. The molecule has 0 spiro atoms. The van der Waals surface area contributed by atoms with E-state index in [9.17, 15) is 0 Å². The van der Waals surface area contributed by atoms with Crippen LogP contribution in [0.25, 0.3) is 92.9 Å². The first-order chi connectivity index (χ1) is 20.8. The number of furan rings is 1. The summed E-state index contributed by atoms with van der Waals surface area (Å²) in [5.74, 6) is 0. The van der Waals surface area contributed by atoms with Gasteiger partial charge < -0.3 is 8.98 Å². The van der Waals surface area contributed by atoms with Crippen LogP contribution in [0.4, 0.5) is 0 Å². The van der Waals surface area contributed by atoms with Gasteiger partial charge in [-0.05, 0) is 85.9 Å². The average molecular weight is 534 g/mol. The van der Waals surface area contributed by atoms with Crippen LogP contribution in [0.3, 0.4) is 0 Å². The van der Waals surface area contributed by atoms with E-state index < -0.39 is 0 Å². The minimum Gasteiger partial charge on any atom is -0.456 e. The van der Waals surface area contributed by atoms with Crippen molar-refractivity contribution in [1.29, 1.82) is 0 Å². The van der Waals surface area contributed by atoms with Gasteiger partial charge in [0.2, 0.25) is 0 Å². The zero-order valence-corrected chi connectivity index (χ0v) is 22.6. The molecule has 0 aliphatic heterocycles. The van der Waals surface area contributed by atoms with E-state index in [1.54, 1.807) is 0 Å². The second kappa shape index (κ2) is 7.99. The minimum atomic E-state index is 0.920. The quantitative estimate of drug-likeness (QED) is 0.202. The number of aromatic nitrogens is 1. The Bertz CT molecular complexity index is 2660. The summed E-state index contributed by atoms with van der Waals surface area (Å²) in [6.07, 6.45) is 0. The van der Waals surface area contributed by atoms with Gasteiger partial charge >= 0.3 is 0 Å². The summed E-state index contributed by atoms with van der Waals surface area (Å²) in [6, 6.07) is 50.7. The van der Waals surface area contributed by atoms with Crippen LogP contribution in [-0.2, 0) is 0 Å². The molecule has 0 unspecified atom stereocenters. The van der Waals surface area contributed by atoms with Gasteiger partial charge in [-0.3, -0.25) is 0 Å². The van der Waals surface area contributed by atoms with Crippen molar-refractivity contribution in [1.82, 2.24) is 4.57 Å². The van der Waals surface area contributed by atoms with Crippen LogP contribution < -0.4 is 0 Å². The molecule has 10 aromatic rings. The second-order valence-electron chi connectivity index (χ2n) is 11.3. The topological polar surface area (TPSA) is 18.1 Å². The molecule has 0 radical (unpaired) electrons. The molecule has 10 rings (SSSR count). The molecule has 0 saturated heterocycles. The smallest absolute Gasteiger partial charge is 0.136 e. The van der Waals surface area contributed by atoms with Crippen molar-refractivity contribution in [2.45, 2.75) is 0 Å². The molecule has 0 bridgehead atoms. The monoisotopic (exact) mass is 533 g/mol. The van der Waals surface area contributed by atoms with E-state index >= 15 is 0 Å². The van der Waals surface area contributed by atoms with Crippen LogP contribution in [0.15, 0.2) is 144 Å². The minimum absolute atomic E-state index is 0.920. The van der Waals surface area contributed by atoms with Crippen LogP contribution in [0, 0.1) is 0 Å². The van der Waals surface area contributed by atoms with Gasteiger partial charge in [0.25, 0.3) is 0 Å². The number of hydrogen-bond acceptors (Lipinski definition) is 1. The van der Waals surface area contributed by atoms with E-state index in [0.29, 0.717) is 0 Å². The number of para-hydroxylation sites is 2. The molecule has 8 aromatic carbocycles. The number of hydrogen-bond donors (Lipinski definition) is 0. The zero-order chi connectivity index (χ0) is 27.4. The molecule has 0 saturated carbocycles. The fourth-order valence-corrected chi connectivity index (χ4v) is 7.25. The lowest BCUT2D eigenvalue weighted by Crippen LogP contribution is -1.93. The Morgan fingerprint density at radius 2 is 1.14 bits per heavy atom. The maximum atomic E-state index is 6.35. The first-order valence-electron chi connectivity index (χ1n) is 14.4. The zero-order valence-electron chi connectivity index (χ0n) is 22.6. The Kier molecular flexibility index (Phi) is 4.21. The maximum absolute atomic E-state index is 6.35. The molecule has 194 valence electrons. The van der Waals surface area contributed by atoms with Crippen molar-refractivity contribution >= 4 is 76.1 Å². The van der Waals surface area contributed by atoms with E-state index in [0.717, 1.165) is 27.6 Å². The third-order valence-electron chi connectivity index (χ3n) is 9.12. The van der Waals surface area contributed by atoms with Crippen LogP contribution >= 0.6 is 0 Å². The van der Waals surface area contributed by atoms with Gasteiger partial charge in [-0.1, -0.05) is 97.1 Å². The lowest BCUT2D eigenvalue weighted by Gasteiger charge is -2.14. The number of nitrogens with zero attached hydrogens (tertiary/aromatic N) is 1. The van der Waals surface area contributed by atoms with Crippen LogP contribution in [0.5, 0.6) is 0 Å². The number of fused-ring (bicyclic) bond motifs is 6. The van der Waals surface area contributed by atoms with Crippen molar-refractivity contribution in [3.63, 3.8) is 0 Å². The lowest BCUT2D eigenvalue weighted by atomic mass is 9.89. The predicted octanol–water partition coefficient (Wildman–Crippen LogP) is 11.2. The Labute approximate surface area is 241 Å². The van der Waals surface area contributed by atoms with Crippen LogP contribution in [0.1, 0.15) is 0 Å². The lowest BCUT2D eigenvalue weighted by molar-refractivity contribution is 0.669. The molecule has 2 nitrogen and oxygen atoms in total. The SMILES string of the molecule is c1ccc(-n2c3ccc(-c4ccc5ccc6cccc7ccc4c5c67)cc3c3cc4oc5ccccc5c4cc32)cc1. The van der Waals surface area contributed by atoms with Crippen molar-refractivity contribution in [2.75, 3.05) is 0 Å². The average Bonchev–Trinajstić information content (AvgIpc) is 3.57. The molecule has 0 aliphatic carbocycles. The molecule has 0 fully saturated rings. The van der Waals surface area contributed by atoms with Gasteiger partial charge in [0, 0.05) is 27.2 Å². The van der Waals surface area contributed by atoms with Gasteiger partial charge in [0.1, 0.15) is 11.2 Å². The van der Waals surface area contributed by atoms with E-state index in [1.165, 1.54) is 65.3 Å². The van der Waals surface area contributed by atoms with Crippen molar-refractivity contribution in [3.05, 3.63) is 140 Å². The third kappa shape index (κ3) is 2.88. The van der Waals surface area contributed by atoms with Crippen molar-refractivity contribution in [2.24, 2.45) is 0 Å². The summed E-state index contributed by atoms with van der Waals surface area (Å²) in [4.78, 5) is 0. The summed E-state index contributed by atoms with van der Waals surface area (Å²) in [6.45, 7) is 0. The number of benzene rings is 8. The largest absolute Gasteiger partial charge is 0.456 e. The molecule has 42 heavy (non-hydrogen) atoms. The molecule has 0 N–H and O–H groups in total. The fraction of sp³-hybridized carbons (Fsp3) is 0. The van der Waals surface area contributed by atoms with Crippen LogP contribution in [-0.4, -0.2) is 4.57 Å². The molecule has 2 heterocycles. The highest BCUT2D eigenvalue weighted by atomic mass is 16.3. The first-order valence-corrected chi connectivity index (χ1v) is 14.4. The Morgan fingerprint density at radius 3 is 2.02 bits per heavy atom. The predicted molar refractivity (Wildman–Crippen MR) is 177 cm³/mol. The van der Waals surface area contributed by atoms with Crippen molar-refractivity contribution in [3.8, 4) is 16.8 Å². The van der Waals surface area contributed by atoms with Gasteiger partial charge in [0.05, 0.1) is 11.0 Å². The summed E-state index contributed by atoms with van der Waals surface area (Å²) < 4.78 is 8.74. The molecule has 2 heteroatoms. The van der Waals surface area contributed by atoms with Crippen molar-refractivity contribution < 1.29 is 4.42 Å². The van der Waals surface area contributed by atoms with Crippen LogP contribution in [0.2, 0.25) is 0 Å². The van der Waals surface area contributed by atoms with E-state index in [1.807, 2.05) is 6.07 Å². The van der Waals surface area contributed by atoms with E-state index in [4.69, 9.17) is 4.42 Å². The van der Waals surface area contributed by atoms with E-state index in [-0.39, 0.29) is 0 Å². The fourth-order valence-electron chi connectivity index (χ4n) is 7.25. The molecular formula is C40H23NO. The van der Waals surface area contributed by atoms with Gasteiger partial charge in [0.15, 0.2) is 0 Å². The highest BCUT2D eigenvalue weighted by Gasteiger charge is 2.18. The Hall–Kier alpha value is -5.60. The molecule has 2 aromatic heterocycles. The van der Waals surface area contributed by atoms with Gasteiger partial charge in [-0.15, -0.1) is 0 Å². The second-order valence-corrected chi connectivity index (χ2v) is 11.3. The van der Waals surface area contributed by atoms with Gasteiger partial charge in [-0.2, -0.15) is 0 Å². The Balaban J connectivity index is 1.31. The molecule has 0 amide bonds. The molecular weight excluding hydrogens is 510 g/mol. The molecule has 0 aliphatic rings. The first kappa shape index (κ1) is 22.1. The highest BCUT2D eigenvalue weighted by molar-refractivity contribution is 6.26. The number of rotatable bonds is 2. The third-order valence-corrected chi connectivity index (χ3v) is 9.12. The standard InChI is InChI=1S/C40H23NO/c1-2-9-28(10-3-1)41-35-20-17-27(21-32(35)33-23-38-34(22-36(33)41)30-11-4-5-12-37(30)42-38)29-18-15-26-14-13-24-7-6-8-25-16-19-31(29)40(26)39(24)25/h1-23H. The van der Waals surface area contributed by atoms with E-state index in [2.05, 4.69) is 138 Å². The molecule has 0 atom stereocenters. The van der Waals surface area contributed by atoms with Gasteiger partial charge in [-0.25, -0.2) is 0 Å². The normalized spacial score (nSPS) is 12.3. The summed E-state index contributed by atoms with van der Waals surface area (Å²) in [5.41, 5.74) is 7.84. The summed E-state index contributed by atoms with van der Waals surface area (Å²) in [7, 11) is 0. The highest BCUT2D eigenvalue weighted by Crippen LogP contribution is 2.42. The summed E-state index contributed by atoms with van der Waals surface area (Å²) >= 11 is 0. The summed E-state index contributed by atoms with van der Waals surface area (Å²) in [5, 5.41) is 12.6.